The van der Waals surface area contributed by atoms with Crippen molar-refractivity contribution in [3.05, 3.63) is 0 Å². The summed E-state index contributed by atoms with van der Waals surface area (Å²) < 4.78 is 0. The van der Waals surface area contributed by atoms with Gasteiger partial charge in [-0.3, -0.25) is 0 Å². The first-order valence-corrected chi connectivity index (χ1v) is 8.10. The molecule has 0 saturated carbocycles. The van der Waals surface area contributed by atoms with E-state index in [2.05, 4.69) is 41.5 Å². The SMILES string of the molecule is CCCCC(CC)CC(C)C(C)C(CC)CC. The van der Waals surface area contributed by atoms with Crippen LogP contribution in [0.5, 0.6) is 0 Å². The molecule has 0 nitrogen and oxygen atoms in total. The summed E-state index contributed by atoms with van der Waals surface area (Å²) in [6.07, 6.45) is 9.76. The van der Waals surface area contributed by atoms with E-state index in [0.29, 0.717) is 0 Å². The van der Waals surface area contributed by atoms with Crippen molar-refractivity contribution < 1.29 is 0 Å². The quantitative estimate of drug-likeness (QED) is 0.420. The lowest BCUT2D eigenvalue weighted by atomic mass is 9.76. The van der Waals surface area contributed by atoms with Gasteiger partial charge in [-0.2, -0.15) is 0 Å². The van der Waals surface area contributed by atoms with Crippen LogP contribution in [-0.4, -0.2) is 0 Å². The molecule has 0 radical (unpaired) electrons. The standard InChI is InChI=1S/C17H36/c1-7-11-12-16(8-2)13-14(5)15(6)17(9-3)10-4/h14-17H,7-13H2,1-6H3. The van der Waals surface area contributed by atoms with Gasteiger partial charge in [-0.1, -0.05) is 80.1 Å². The minimum atomic E-state index is 0.903. The Hall–Kier alpha value is 0. The van der Waals surface area contributed by atoms with Gasteiger partial charge >= 0.3 is 0 Å². The van der Waals surface area contributed by atoms with Crippen LogP contribution in [-0.2, 0) is 0 Å². The maximum atomic E-state index is 2.48. The summed E-state index contributed by atoms with van der Waals surface area (Å²) in [6, 6.07) is 0. The summed E-state index contributed by atoms with van der Waals surface area (Å²) in [5.74, 6) is 3.72. The van der Waals surface area contributed by atoms with Crippen LogP contribution < -0.4 is 0 Å². The lowest BCUT2D eigenvalue weighted by Gasteiger charge is -2.30. The molecule has 0 aromatic rings. The van der Waals surface area contributed by atoms with Gasteiger partial charge in [0.05, 0.1) is 0 Å². The molecule has 0 aliphatic carbocycles. The predicted molar refractivity (Wildman–Crippen MR) is 80.3 cm³/mol. The zero-order valence-electron chi connectivity index (χ0n) is 13.3. The Morgan fingerprint density at radius 1 is 0.824 bits per heavy atom. The van der Waals surface area contributed by atoms with Gasteiger partial charge in [-0.05, 0) is 30.1 Å². The lowest BCUT2D eigenvalue weighted by Crippen LogP contribution is -2.20. The second-order valence-electron chi connectivity index (χ2n) is 6.07. The van der Waals surface area contributed by atoms with Gasteiger partial charge in [-0.25, -0.2) is 0 Å². The van der Waals surface area contributed by atoms with E-state index in [0.717, 1.165) is 23.7 Å². The van der Waals surface area contributed by atoms with Crippen molar-refractivity contribution in [2.24, 2.45) is 23.7 Å². The lowest BCUT2D eigenvalue weighted by molar-refractivity contribution is 0.206. The van der Waals surface area contributed by atoms with Crippen LogP contribution in [0.1, 0.15) is 86.5 Å². The maximum absolute atomic E-state index is 2.48. The molecule has 0 N–H and O–H groups in total. The molecular weight excluding hydrogens is 204 g/mol. The highest BCUT2D eigenvalue weighted by Crippen LogP contribution is 2.32. The Kier molecular flexibility index (Phi) is 9.97. The molecule has 0 heterocycles. The number of hydrogen-bond donors (Lipinski definition) is 0. The zero-order valence-corrected chi connectivity index (χ0v) is 13.3. The monoisotopic (exact) mass is 240 g/mol. The fourth-order valence-corrected chi connectivity index (χ4v) is 3.22. The van der Waals surface area contributed by atoms with Crippen LogP contribution in [0.3, 0.4) is 0 Å². The van der Waals surface area contributed by atoms with Gasteiger partial charge in [0.15, 0.2) is 0 Å². The summed E-state index contributed by atoms with van der Waals surface area (Å²) in [6.45, 7) is 14.3. The molecule has 3 atom stereocenters. The molecule has 104 valence electrons. The van der Waals surface area contributed by atoms with E-state index < -0.39 is 0 Å². The van der Waals surface area contributed by atoms with E-state index in [9.17, 15) is 0 Å². The molecule has 3 unspecified atom stereocenters. The van der Waals surface area contributed by atoms with Crippen molar-refractivity contribution in [3.63, 3.8) is 0 Å². The van der Waals surface area contributed by atoms with E-state index in [-0.39, 0.29) is 0 Å². The van der Waals surface area contributed by atoms with E-state index in [4.69, 9.17) is 0 Å². The average Bonchev–Trinajstić information content (AvgIpc) is 2.35. The smallest absolute Gasteiger partial charge is 0.0389 e. The van der Waals surface area contributed by atoms with Crippen LogP contribution in [0.2, 0.25) is 0 Å². The van der Waals surface area contributed by atoms with Crippen molar-refractivity contribution in [1.82, 2.24) is 0 Å². The van der Waals surface area contributed by atoms with Crippen molar-refractivity contribution in [1.29, 1.82) is 0 Å². The first-order valence-electron chi connectivity index (χ1n) is 8.10. The molecule has 0 bridgehead atoms. The van der Waals surface area contributed by atoms with Gasteiger partial charge in [0, 0.05) is 0 Å². The maximum Gasteiger partial charge on any atom is -0.0389 e. The van der Waals surface area contributed by atoms with E-state index in [1.54, 1.807) is 0 Å². The zero-order chi connectivity index (χ0) is 13.3. The van der Waals surface area contributed by atoms with E-state index in [1.165, 1.54) is 44.9 Å². The second-order valence-corrected chi connectivity index (χ2v) is 6.07. The van der Waals surface area contributed by atoms with Crippen molar-refractivity contribution in [2.75, 3.05) is 0 Å². The normalized spacial score (nSPS) is 17.1. The molecule has 0 aromatic heterocycles. The van der Waals surface area contributed by atoms with Gasteiger partial charge in [0.2, 0.25) is 0 Å². The third kappa shape index (κ3) is 6.48. The molecule has 0 aliphatic rings. The predicted octanol–water partition coefficient (Wildman–Crippen LogP) is 6.30. The molecule has 17 heavy (non-hydrogen) atoms. The Morgan fingerprint density at radius 3 is 1.82 bits per heavy atom. The molecule has 0 spiro atoms. The minimum absolute atomic E-state index is 0.903. The Bertz CT molecular complexity index is 157. The number of rotatable bonds is 10. The van der Waals surface area contributed by atoms with Crippen LogP contribution in [0.25, 0.3) is 0 Å². The molecule has 0 amide bonds. The summed E-state index contributed by atoms with van der Waals surface area (Å²) in [4.78, 5) is 0. The number of hydrogen-bond acceptors (Lipinski definition) is 0. The fourth-order valence-electron chi connectivity index (χ4n) is 3.22. The second kappa shape index (κ2) is 9.97. The van der Waals surface area contributed by atoms with E-state index >= 15 is 0 Å². The number of unbranched alkanes of at least 4 members (excludes halogenated alkanes) is 1. The summed E-state index contributed by atoms with van der Waals surface area (Å²) in [7, 11) is 0. The molecule has 0 rings (SSSR count). The minimum Gasteiger partial charge on any atom is -0.0654 e. The molecular formula is C17H36. The highest BCUT2D eigenvalue weighted by molar-refractivity contribution is 4.72. The Morgan fingerprint density at radius 2 is 1.41 bits per heavy atom. The van der Waals surface area contributed by atoms with Crippen molar-refractivity contribution in [3.8, 4) is 0 Å². The molecule has 0 heteroatoms. The highest BCUT2D eigenvalue weighted by atomic mass is 14.3. The van der Waals surface area contributed by atoms with Gasteiger partial charge in [0.25, 0.3) is 0 Å². The van der Waals surface area contributed by atoms with Gasteiger partial charge in [0.1, 0.15) is 0 Å². The topological polar surface area (TPSA) is 0 Å². The van der Waals surface area contributed by atoms with Gasteiger partial charge < -0.3 is 0 Å². The highest BCUT2D eigenvalue weighted by Gasteiger charge is 2.22. The van der Waals surface area contributed by atoms with Gasteiger partial charge in [-0.15, -0.1) is 0 Å². The first-order chi connectivity index (χ1) is 8.10. The Balaban J connectivity index is 4.14. The fraction of sp³-hybridized carbons (Fsp3) is 1.00. The van der Waals surface area contributed by atoms with E-state index in [1.807, 2.05) is 0 Å². The van der Waals surface area contributed by atoms with Crippen LogP contribution >= 0.6 is 0 Å². The first kappa shape index (κ1) is 17.0. The summed E-state index contributed by atoms with van der Waals surface area (Å²) in [5.41, 5.74) is 0. The third-order valence-corrected chi connectivity index (χ3v) is 4.94. The molecule has 0 aromatic carbocycles. The Labute approximate surface area is 111 Å². The van der Waals surface area contributed by atoms with Crippen LogP contribution in [0, 0.1) is 23.7 Å². The largest absolute Gasteiger partial charge is 0.0654 e. The van der Waals surface area contributed by atoms with Crippen molar-refractivity contribution in [2.45, 2.75) is 86.5 Å². The third-order valence-electron chi connectivity index (χ3n) is 4.94. The molecule has 0 aliphatic heterocycles. The molecule has 0 saturated heterocycles. The van der Waals surface area contributed by atoms with Crippen LogP contribution in [0.15, 0.2) is 0 Å². The molecule has 0 fully saturated rings. The average molecular weight is 240 g/mol. The summed E-state index contributed by atoms with van der Waals surface area (Å²) in [5, 5.41) is 0. The van der Waals surface area contributed by atoms with Crippen molar-refractivity contribution >= 4 is 0 Å². The summed E-state index contributed by atoms with van der Waals surface area (Å²) >= 11 is 0. The van der Waals surface area contributed by atoms with Crippen LogP contribution in [0.4, 0.5) is 0 Å².